The highest BCUT2D eigenvalue weighted by Crippen LogP contribution is 2.34. The highest BCUT2D eigenvalue weighted by Gasteiger charge is 2.29. The van der Waals surface area contributed by atoms with Gasteiger partial charge in [-0.3, -0.25) is 4.79 Å². The first-order chi connectivity index (χ1) is 13.9. The van der Waals surface area contributed by atoms with Gasteiger partial charge in [0.2, 0.25) is 5.91 Å². The number of carbonyl (C=O) groups excluding carboxylic acids is 1. The summed E-state index contributed by atoms with van der Waals surface area (Å²) in [6, 6.07) is 15.7. The van der Waals surface area contributed by atoms with Crippen molar-refractivity contribution in [1.29, 1.82) is 0 Å². The molecule has 1 aliphatic rings. The number of hydrogen-bond donors (Lipinski definition) is 2. The Hall–Kier alpha value is -2.31. The van der Waals surface area contributed by atoms with Gasteiger partial charge in [-0.15, -0.1) is 0 Å². The third kappa shape index (κ3) is 4.49. The summed E-state index contributed by atoms with van der Waals surface area (Å²) in [6.07, 6.45) is 2.77. The van der Waals surface area contributed by atoms with Crippen molar-refractivity contribution >= 4 is 38.2 Å². The van der Waals surface area contributed by atoms with E-state index < -0.39 is 9.84 Å². The van der Waals surface area contributed by atoms with E-state index in [2.05, 4.69) is 16.4 Å². The van der Waals surface area contributed by atoms with Crippen LogP contribution in [0.25, 0.3) is 10.9 Å². The zero-order chi connectivity index (χ0) is 20.4. The molecule has 0 spiro atoms. The Balaban J connectivity index is 1.55. The molecular weight excluding hydrogens is 408 g/mol. The van der Waals surface area contributed by atoms with Crippen LogP contribution in [0.5, 0.6) is 0 Å². The minimum atomic E-state index is -2.98. The van der Waals surface area contributed by atoms with Gasteiger partial charge in [0.25, 0.3) is 0 Å². The molecule has 1 amide bonds. The standard InChI is InChI=1S/C22H23ClN2O3S/c23-20-7-3-1-5-16(20)18(19-12-24-21-8-4-2-6-17(19)21)13-25-22(26)11-15-9-10-29(27,28)14-15/h1-8,12,15,18,24H,9-11,13-14H2,(H,25,26)/t15-,18-/m0/s1. The molecule has 1 aliphatic heterocycles. The second kappa shape index (κ2) is 8.20. The zero-order valence-corrected chi connectivity index (χ0v) is 17.5. The van der Waals surface area contributed by atoms with Gasteiger partial charge in [0.15, 0.2) is 9.84 Å². The van der Waals surface area contributed by atoms with E-state index in [1.54, 1.807) is 0 Å². The average Bonchev–Trinajstić information content (AvgIpc) is 3.26. The average molecular weight is 431 g/mol. The fraction of sp³-hybridized carbons (Fsp3) is 0.318. The van der Waals surface area contributed by atoms with Crippen molar-refractivity contribution < 1.29 is 13.2 Å². The lowest BCUT2D eigenvalue weighted by Crippen LogP contribution is -2.30. The molecular formula is C22H23ClN2O3S. The second-order valence-electron chi connectivity index (χ2n) is 7.64. The molecule has 0 saturated carbocycles. The summed E-state index contributed by atoms with van der Waals surface area (Å²) in [7, 11) is -2.98. The van der Waals surface area contributed by atoms with Crippen LogP contribution >= 0.6 is 11.6 Å². The lowest BCUT2D eigenvalue weighted by Gasteiger charge is -2.20. The van der Waals surface area contributed by atoms with Crippen LogP contribution in [0.1, 0.15) is 29.9 Å². The number of rotatable bonds is 6. The fourth-order valence-corrected chi connectivity index (χ4v) is 6.24. The first-order valence-corrected chi connectivity index (χ1v) is 11.9. The molecule has 7 heteroatoms. The third-order valence-corrected chi connectivity index (χ3v) is 7.76. The molecule has 1 saturated heterocycles. The number of sulfone groups is 1. The summed E-state index contributed by atoms with van der Waals surface area (Å²) >= 11 is 6.48. The molecule has 2 heterocycles. The number of aromatic nitrogens is 1. The van der Waals surface area contributed by atoms with E-state index in [0.717, 1.165) is 22.0 Å². The summed E-state index contributed by atoms with van der Waals surface area (Å²) in [5, 5.41) is 4.75. The maximum Gasteiger partial charge on any atom is 0.220 e. The van der Waals surface area contributed by atoms with Crippen molar-refractivity contribution in [3.05, 3.63) is 70.9 Å². The van der Waals surface area contributed by atoms with Crippen molar-refractivity contribution in [3.63, 3.8) is 0 Å². The van der Waals surface area contributed by atoms with Gasteiger partial charge in [-0.05, 0) is 35.6 Å². The summed E-state index contributed by atoms with van der Waals surface area (Å²) in [5.41, 5.74) is 3.04. The summed E-state index contributed by atoms with van der Waals surface area (Å²) in [6.45, 7) is 0.393. The topological polar surface area (TPSA) is 79.0 Å². The van der Waals surface area contributed by atoms with Crippen LogP contribution < -0.4 is 5.32 Å². The highest BCUT2D eigenvalue weighted by atomic mass is 35.5. The van der Waals surface area contributed by atoms with Crippen molar-refractivity contribution in [2.75, 3.05) is 18.1 Å². The molecule has 0 bridgehead atoms. The quantitative estimate of drug-likeness (QED) is 0.622. The minimum absolute atomic E-state index is 0.0909. The molecule has 2 aromatic carbocycles. The summed E-state index contributed by atoms with van der Waals surface area (Å²) in [5.74, 6) is -0.0359. The predicted molar refractivity (Wildman–Crippen MR) is 116 cm³/mol. The molecule has 2 atom stereocenters. The lowest BCUT2D eigenvalue weighted by molar-refractivity contribution is -0.121. The Labute approximate surface area is 175 Å². The van der Waals surface area contributed by atoms with Crippen LogP contribution in [-0.2, 0) is 14.6 Å². The molecule has 0 aliphatic carbocycles. The molecule has 152 valence electrons. The van der Waals surface area contributed by atoms with Crippen LogP contribution in [0, 0.1) is 5.92 Å². The molecule has 3 aromatic rings. The first-order valence-electron chi connectivity index (χ1n) is 9.70. The number of H-pyrrole nitrogens is 1. The van der Waals surface area contributed by atoms with Gasteiger partial charge in [0.05, 0.1) is 11.5 Å². The Kier molecular flexibility index (Phi) is 5.65. The van der Waals surface area contributed by atoms with Gasteiger partial charge in [-0.2, -0.15) is 0 Å². The SMILES string of the molecule is O=C(C[C@@H]1CCS(=O)(=O)C1)NC[C@@H](c1ccccc1Cl)c1c[nH]c2ccccc12. The van der Waals surface area contributed by atoms with E-state index in [-0.39, 0.29) is 35.7 Å². The van der Waals surface area contributed by atoms with E-state index in [0.29, 0.717) is 18.0 Å². The van der Waals surface area contributed by atoms with E-state index in [4.69, 9.17) is 11.6 Å². The largest absolute Gasteiger partial charge is 0.361 e. The van der Waals surface area contributed by atoms with Crippen LogP contribution in [0.3, 0.4) is 0 Å². The maximum atomic E-state index is 12.5. The van der Waals surface area contributed by atoms with Crippen LogP contribution in [0.4, 0.5) is 0 Å². The predicted octanol–water partition coefficient (Wildman–Crippen LogP) is 3.89. The van der Waals surface area contributed by atoms with Crippen LogP contribution in [-0.4, -0.2) is 37.4 Å². The zero-order valence-electron chi connectivity index (χ0n) is 15.9. The van der Waals surface area contributed by atoms with Crippen molar-refractivity contribution in [2.45, 2.75) is 18.8 Å². The van der Waals surface area contributed by atoms with Crippen LogP contribution in [0.15, 0.2) is 54.7 Å². The Morgan fingerprint density at radius 2 is 1.90 bits per heavy atom. The summed E-state index contributed by atoms with van der Waals surface area (Å²) in [4.78, 5) is 15.8. The first kappa shape index (κ1) is 20.0. The molecule has 1 aromatic heterocycles. The molecule has 0 radical (unpaired) electrons. The van der Waals surface area contributed by atoms with Gasteiger partial charge >= 0.3 is 0 Å². The number of halogens is 1. The fourth-order valence-electron chi connectivity index (χ4n) is 4.11. The number of aromatic amines is 1. The lowest BCUT2D eigenvalue weighted by atomic mass is 9.90. The van der Waals surface area contributed by atoms with Crippen molar-refractivity contribution in [3.8, 4) is 0 Å². The maximum absolute atomic E-state index is 12.5. The number of para-hydroxylation sites is 1. The summed E-state index contributed by atoms with van der Waals surface area (Å²) < 4.78 is 23.3. The van der Waals surface area contributed by atoms with E-state index in [1.807, 2.05) is 48.7 Å². The normalized spacial score (nSPS) is 19.3. The molecule has 1 fully saturated rings. The number of benzene rings is 2. The molecule has 0 unspecified atom stereocenters. The number of carbonyl (C=O) groups is 1. The van der Waals surface area contributed by atoms with Gasteiger partial charge < -0.3 is 10.3 Å². The van der Waals surface area contributed by atoms with Crippen LogP contribution in [0.2, 0.25) is 5.02 Å². The third-order valence-electron chi connectivity index (χ3n) is 5.58. The molecule has 2 N–H and O–H groups in total. The van der Waals surface area contributed by atoms with Gasteiger partial charge in [-0.25, -0.2) is 8.42 Å². The van der Waals surface area contributed by atoms with E-state index in [9.17, 15) is 13.2 Å². The van der Waals surface area contributed by atoms with Gasteiger partial charge in [0.1, 0.15) is 0 Å². The molecule has 5 nitrogen and oxygen atoms in total. The Morgan fingerprint density at radius 1 is 1.14 bits per heavy atom. The van der Waals surface area contributed by atoms with Gasteiger partial charge in [-0.1, -0.05) is 48.0 Å². The number of amides is 1. The highest BCUT2D eigenvalue weighted by molar-refractivity contribution is 7.91. The Bertz CT molecular complexity index is 1140. The second-order valence-corrected chi connectivity index (χ2v) is 10.3. The van der Waals surface area contributed by atoms with Crippen molar-refractivity contribution in [1.82, 2.24) is 10.3 Å². The van der Waals surface area contributed by atoms with Crippen molar-refractivity contribution in [2.24, 2.45) is 5.92 Å². The van der Waals surface area contributed by atoms with E-state index in [1.165, 1.54) is 0 Å². The molecule has 4 rings (SSSR count). The minimum Gasteiger partial charge on any atom is -0.361 e. The number of hydrogen-bond acceptors (Lipinski definition) is 3. The number of fused-ring (bicyclic) bond motifs is 1. The Morgan fingerprint density at radius 3 is 2.66 bits per heavy atom. The van der Waals surface area contributed by atoms with E-state index >= 15 is 0 Å². The van der Waals surface area contributed by atoms with Gasteiger partial charge in [0, 0.05) is 41.0 Å². The smallest absolute Gasteiger partial charge is 0.220 e. The monoisotopic (exact) mass is 430 g/mol. The molecule has 29 heavy (non-hydrogen) atoms. The number of nitrogens with one attached hydrogen (secondary N) is 2.